The van der Waals surface area contributed by atoms with Gasteiger partial charge in [0.1, 0.15) is 0 Å². The molecule has 1 aromatic heterocycles. The zero-order chi connectivity index (χ0) is 15.1. The summed E-state index contributed by atoms with van der Waals surface area (Å²) < 4.78 is 0. The number of thioether (sulfide) groups is 1. The van der Waals surface area contributed by atoms with Crippen molar-refractivity contribution in [3.05, 3.63) is 58.3 Å². The van der Waals surface area contributed by atoms with Crippen LogP contribution in [0.4, 0.5) is 0 Å². The molecule has 21 heavy (non-hydrogen) atoms. The Hall–Kier alpha value is -1.56. The number of thiophene rings is 1. The van der Waals surface area contributed by atoms with Gasteiger partial charge >= 0.3 is 0 Å². The molecule has 0 bridgehead atoms. The van der Waals surface area contributed by atoms with Crippen molar-refractivity contribution in [1.29, 1.82) is 0 Å². The summed E-state index contributed by atoms with van der Waals surface area (Å²) in [5.74, 6) is -0.207. The van der Waals surface area contributed by atoms with Gasteiger partial charge in [0.05, 0.1) is 6.10 Å². The van der Waals surface area contributed by atoms with Crippen LogP contribution in [0.3, 0.4) is 0 Å². The number of hydrogen-bond donors (Lipinski definition) is 2. The molecule has 0 fully saturated rings. The molecule has 0 saturated heterocycles. The second-order valence-corrected chi connectivity index (χ2v) is 6.08. The lowest BCUT2D eigenvalue weighted by Gasteiger charge is -2.11. The minimum Gasteiger partial charge on any atom is -0.387 e. The predicted octanol–water partition coefficient (Wildman–Crippen LogP) is 3.33. The van der Waals surface area contributed by atoms with E-state index in [1.165, 1.54) is 6.08 Å². The van der Waals surface area contributed by atoms with Crippen molar-refractivity contribution in [2.24, 2.45) is 0 Å². The monoisotopic (exact) mass is 319 g/mol. The van der Waals surface area contributed by atoms with Crippen LogP contribution in [0.1, 0.15) is 17.2 Å². The second-order valence-electron chi connectivity index (χ2n) is 4.42. The van der Waals surface area contributed by atoms with Gasteiger partial charge in [0.2, 0.25) is 5.91 Å². The zero-order valence-electron chi connectivity index (χ0n) is 11.7. The molecule has 2 aromatic rings. The maximum atomic E-state index is 11.7. The molecule has 1 heterocycles. The van der Waals surface area contributed by atoms with Gasteiger partial charge in [-0.1, -0.05) is 12.1 Å². The molecule has 1 amide bonds. The molecular formula is C16H17NO2S2. The molecule has 1 atom stereocenters. The van der Waals surface area contributed by atoms with Crippen LogP contribution in [0, 0.1) is 0 Å². The molecule has 3 nitrogen and oxygen atoms in total. The first-order valence-corrected chi connectivity index (χ1v) is 8.66. The number of carbonyl (C=O) groups excluding carboxylic acids is 1. The minimum absolute atomic E-state index is 0.200. The van der Waals surface area contributed by atoms with Crippen LogP contribution in [-0.4, -0.2) is 23.8 Å². The molecule has 0 spiro atoms. The van der Waals surface area contributed by atoms with Gasteiger partial charge in [0.15, 0.2) is 0 Å². The topological polar surface area (TPSA) is 49.3 Å². The molecule has 1 aromatic carbocycles. The lowest BCUT2D eigenvalue weighted by molar-refractivity contribution is -0.116. The van der Waals surface area contributed by atoms with Crippen LogP contribution in [-0.2, 0) is 4.79 Å². The number of carbonyl (C=O) groups is 1. The maximum Gasteiger partial charge on any atom is 0.244 e. The second kappa shape index (κ2) is 8.02. The first-order chi connectivity index (χ1) is 10.2. The largest absolute Gasteiger partial charge is 0.387 e. The fourth-order valence-corrected chi connectivity index (χ4v) is 2.78. The minimum atomic E-state index is -0.695. The average Bonchev–Trinajstić information content (AvgIpc) is 3.04. The third-order valence-corrected chi connectivity index (χ3v) is 4.39. The summed E-state index contributed by atoms with van der Waals surface area (Å²) in [5.41, 5.74) is 1.80. The van der Waals surface area contributed by atoms with Gasteiger partial charge in [-0.15, -0.1) is 11.8 Å². The van der Waals surface area contributed by atoms with Gasteiger partial charge in [-0.25, -0.2) is 0 Å². The van der Waals surface area contributed by atoms with E-state index in [2.05, 4.69) is 5.32 Å². The third-order valence-electron chi connectivity index (χ3n) is 2.94. The first-order valence-electron chi connectivity index (χ1n) is 6.49. The van der Waals surface area contributed by atoms with E-state index in [0.29, 0.717) is 0 Å². The van der Waals surface area contributed by atoms with E-state index in [4.69, 9.17) is 0 Å². The van der Waals surface area contributed by atoms with Crippen LogP contribution < -0.4 is 5.32 Å². The number of rotatable bonds is 6. The highest BCUT2D eigenvalue weighted by Gasteiger charge is 2.08. The van der Waals surface area contributed by atoms with E-state index in [9.17, 15) is 9.90 Å². The van der Waals surface area contributed by atoms with Crippen molar-refractivity contribution in [3.63, 3.8) is 0 Å². The van der Waals surface area contributed by atoms with Crippen molar-refractivity contribution in [3.8, 4) is 0 Å². The number of amides is 1. The van der Waals surface area contributed by atoms with Crippen LogP contribution in [0.2, 0.25) is 0 Å². The molecule has 110 valence electrons. The normalized spacial score (nSPS) is 12.5. The maximum absolute atomic E-state index is 11.7. The van der Waals surface area contributed by atoms with Crippen LogP contribution in [0.15, 0.2) is 52.1 Å². The molecule has 5 heteroatoms. The van der Waals surface area contributed by atoms with E-state index in [-0.39, 0.29) is 12.5 Å². The van der Waals surface area contributed by atoms with Crippen LogP contribution in [0.5, 0.6) is 0 Å². The van der Waals surface area contributed by atoms with Crippen molar-refractivity contribution >= 4 is 35.1 Å². The third kappa shape index (κ3) is 5.04. The highest BCUT2D eigenvalue weighted by molar-refractivity contribution is 7.98. The van der Waals surface area contributed by atoms with E-state index >= 15 is 0 Å². The number of aliphatic hydroxyl groups is 1. The van der Waals surface area contributed by atoms with Gasteiger partial charge in [-0.3, -0.25) is 4.79 Å². The van der Waals surface area contributed by atoms with Crippen molar-refractivity contribution in [2.45, 2.75) is 11.0 Å². The molecule has 2 N–H and O–H groups in total. The zero-order valence-corrected chi connectivity index (χ0v) is 13.3. The highest BCUT2D eigenvalue weighted by atomic mass is 32.2. The Labute approximate surface area is 132 Å². The summed E-state index contributed by atoms with van der Waals surface area (Å²) in [6.45, 7) is 0.200. The average molecular weight is 319 g/mol. The van der Waals surface area contributed by atoms with E-state index < -0.39 is 6.10 Å². The van der Waals surface area contributed by atoms with Gasteiger partial charge in [0.25, 0.3) is 0 Å². The van der Waals surface area contributed by atoms with E-state index in [1.807, 2.05) is 47.3 Å². The summed E-state index contributed by atoms with van der Waals surface area (Å²) in [4.78, 5) is 12.8. The van der Waals surface area contributed by atoms with Crippen LogP contribution in [0.25, 0.3) is 6.08 Å². The first kappa shape index (κ1) is 15.8. The lowest BCUT2D eigenvalue weighted by Crippen LogP contribution is -2.26. The molecule has 0 aliphatic rings. The quantitative estimate of drug-likeness (QED) is 0.634. The standard InChI is InChI=1S/C16H17NO2S2/c1-20-14-5-3-13(4-6-14)15(18)10-17-16(19)7-2-12-8-9-21-11-12/h2-9,11,15,18H,10H2,1H3,(H,17,19)/b7-2+/t15-/m1/s1. The number of aliphatic hydroxyl groups excluding tert-OH is 1. The Balaban J connectivity index is 1.82. The number of hydrogen-bond acceptors (Lipinski definition) is 4. The fourth-order valence-electron chi connectivity index (χ4n) is 1.74. The van der Waals surface area contributed by atoms with Crippen molar-refractivity contribution in [2.75, 3.05) is 12.8 Å². The number of benzene rings is 1. The smallest absolute Gasteiger partial charge is 0.244 e. The molecule has 0 unspecified atom stereocenters. The Kier molecular flexibility index (Phi) is 6.04. The molecule has 2 rings (SSSR count). The van der Waals surface area contributed by atoms with Crippen molar-refractivity contribution in [1.82, 2.24) is 5.32 Å². The highest BCUT2D eigenvalue weighted by Crippen LogP contribution is 2.18. The Bertz CT molecular complexity index is 591. The summed E-state index contributed by atoms with van der Waals surface area (Å²) in [6.07, 6.45) is 4.54. The Morgan fingerprint density at radius 1 is 1.38 bits per heavy atom. The van der Waals surface area contributed by atoms with Crippen LogP contribution >= 0.6 is 23.1 Å². The summed E-state index contributed by atoms with van der Waals surface area (Å²) in [7, 11) is 0. The van der Waals surface area contributed by atoms with Gasteiger partial charge < -0.3 is 10.4 Å². The molecule has 0 aliphatic carbocycles. The van der Waals surface area contributed by atoms with E-state index in [0.717, 1.165) is 16.0 Å². The van der Waals surface area contributed by atoms with Gasteiger partial charge in [-0.05, 0) is 52.4 Å². The Morgan fingerprint density at radius 2 is 2.14 bits per heavy atom. The summed E-state index contributed by atoms with van der Waals surface area (Å²) in [5, 5.41) is 16.7. The summed E-state index contributed by atoms with van der Waals surface area (Å²) in [6, 6.07) is 9.62. The van der Waals surface area contributed by atoms with E-state index in [1.54, 1.807) is 29.2 Å². The fraction of sp³-hybridized carbons (Fsp3) is 0.188. The lowest BCUT2D eigenvalue weighted by atomic mass is 10.1. The number of nitrogens with one attached hydrogen (secondary N) is 1. The molecule has 0 radical (unpaired) electrons. The van der Waals surface area contributed by atoms with Crippen molar-refractivity contribution < 1.29 is 9.90 Å². The molecular weight excluding hydrogens is 302 g/mol. The Morgan fingerprint density at radius 3 is 2.76 bits per heavy atom. The molecule has 0 saturated carbocycles. The van der Waals surface area contributed by atoms with Gasteiger partial charge in [-0.2, -0.15) is 11.3 Å². The SMILES string of the molecule is CSc1ccc([C@H](O)CNC(=O)/C=C/c2ccsc2)cc1. The van der Waals surface area contributed by atoms with Gasteiger partial charge in [0, 0.05) is 17.5 Å². The predicted molar refractivity (Wildman–Crippen MR) is 89.5 cm³/mol. The molecule has 0 aliphatic heterocycles. The summed E-state index contributed by atoms with van der Waals surface area (Å²) >= 11 is 3.24.